The van der Waals surface area contributed by atoms with Crippen molar-refractivity contribution in [2.24, 2.45) is 0 Å². The molecular weight excluding hydrogens is 312 g/mol. The maximum absolute atomic E-state index is 12.5. The van der Waals surface area contributed by atoms with Crippen molar-refractivity contribution in [3.8, 4) is 0 Å². The van der Waals surface area contributed by atoms with Gasteiger partial charge in [-0.15, -0.1) is 0 Å². The number of carbonyl (C=O) groups is 1. The number of aromatic nitrogens is 1. The Kier molecular flexibility index (Phi) is 3.89. The van der Waals surface area contributed by atoms with E-state index in [9.17, 15) is 9.59 Å². The lowest BCUT2D eigenvalue weighted by Crippen LogP contribution is -2.54. The Morgan fingerprint density at radius 1 is 1.00 bits per heavy atom. The van der Waals surface area contributed by atoms with E-state index in [0.29, 0.717) is 50.5 Å². The standard InChI is InChI=1S/C16H20N4O4/c21-15-17-13-11-12(1-2-14(13)24-15)18-3-5-19(6-4-18)16(22)20-7-9-23-10-8-20/h1-2,11H,3-10H2,(H,17,21). The lowest BCUT2D eigenvalue weighted by atomic mass is 10.2. The van der Waals surface area contributed by atoms with Crippen LogP contribution in [-0.2, 0) is 4.74 Å². The number of amides is 2. The molecule has 2 aliphatic heterocycles. The first-order valence-corrected chi connectivity index (χ1v) is 8.20. The third kappa shape index (κ3) is 2.84. The van der Waals surface area contributed by atoms with Gasteiger partial charge in [0, 0.05) is 45.0 Å². The molecular formula is C16H20N4O4. The number of H-pyrrole nitrogens is 1. The van der Waals surface area contributed by atoms with Crippen LogP contribution in [0.3, 0.4) is 0 Å². The molecule has 24 heavy (non-hydrogen) atoms. The first-order chi connectivity index (χ1) is 11.7. The van der Waals surface area contributed by atoms with Gasteiger partial charge in [-0.05, 0) is 18.2 Å². The molecule has 1 aromatic carbocycles. The van der Waals surface area contributed by atoms with E-state index in [4.69, 9.17) is 9.15 Å². The minimum absolute atomic E-state index is 0.104. The lowest BCUT2D eigenvalue weighted by Gasteiger charge is -2.39. The van der Waals surface area contributed by atoms with E-state index >= 15 is 0 Å². The van der Waals surface area contributed by atoms with Crippen LogP contribution in [0.1, 0.15) is 0 Å². The lowest BCUT2D eigenvalue weighted by molar-refractivity contribution is 0.0428. The Labute approximate surface area is 138 Å². The van der Waals surface area contributed by atoms with Crippen LogP contribution in [0.5, 0.6) is 0 Å². The number of nitrogens with one attached hydrogen (secondary N) is 1. The molecule has 0 saturated carbocycles. The van der Waals surface area contributed by atoms with Crippen molar-refractivity contribution < 1.29 is 13.9 Å². The number of rotatable bonds is 1. The highest BCUT2D eigenvalue weighted by atomic mass is 16.5. The number of hydrogen-bond acceptors (Lipinski definition) is 5. The monoisotopic (exact) mass is 332 g/mol. The van der Waals surface area contributed by atoms with Crippen LogP contribution in [-0.4, -0.2) is 73.3 Å². The number of nitrogens with zero attached hydrogens (tertiary/aromatic N) is 3. The number of hydrogen-bond donors (Lipinski definition) is 1. The molecule has 3 heterocycles. The number of aromatic amines is 1. The van der Waals surface area contributed by atoms with Gasteiger partial charge < -0.3 is 23.9 Å². The number of ether oxygens (including phenoxy) is 1. The Bertz CT molecular complexity index is 785. The highest BCUT2D eigenvalue weighted by Gasteiger charge is 2.26. The van der Waals surface area contributed by atoms with Crippen LogP contribution < -0.4 is 10.7 Å². The minimum Gasteiger partial charge on any atom is -0.408 e. The number of piperazine rings is 1. The van der Waals surface area contributed by atoms with Crippen molar-refractivity contribution in [2.45, 2.75) is 0 Å². The molecule has 8 nitrogen and oxygen atoms in total. The van der Waals surface area contributed by atoms with Gasteiger partial charge in [-0.1, -0.05) is 0 Å². The normalized spacial score (nSPS) is 19.1. The summed E-state index contributed by atoms with van der Waals surface area (Å²) in [7, 11) is 0. The number of oxazole rings is 1. The smallest absolute Gasteiger partial charge is 0.408 e. The van der Waals surface area contributed by atoms with Crippen LogP contribution in [0.25, 0.3) is 11.1 Å². The summed E-state index contributed by atoms with van der Waals surface area (Å²) in [4.78, 5) is 32.4. The zero-order valence-electron chi connectivity index (χ0n) is 13.4. The largest absolute Gasteiger partial charge is 0.417 e. The van der Waals surface area contributed by atoms with Crippen molar-refractivity contribution in [1.29, 1.82) is 0 Å². The fourth-order valence-electron chi connectivity index (χ4n) is 3.25. The zero-order valence-corrected chi connectivity index (χ0v) is 13.4. The summed E-state index contributed by atoms with van der Waals surface area (Å²) < 4.78 is 10.3. The second-order valence-electron chi connectivity index (χ2n) is 6.05. The summed E-state index contributed by atoms with van der Waals surface area (Å²) in [6.07, 6.45) is 0. The fraction of sp³-hybridized carbons (Fsp3) is 0.500. The highest BCUT2D eigenvalue weighted by molar-refractivity contribution is 5.78. The van der Waals surface area contributed by atoms with E-state index in [1.165, 1.54) is 0 Å². The summed E-state index contributed by atoms with van der Waals surface area (Å²) in [6.45, 7) is 5.50. The van der Waals surface area contributed by atoms with Gasteiger partial charge in [0.1, 0.15) is 0 Å². The maximum Gasteiger partial charge on any atom is 0.417 e. The summed E-state index contributed by atoms with van der Waals surface area (Å²) in [5, 5.41) is 0. The zero-order chi connectivity index (χ0) is 16.5. The van der Waals surface area contributed by atoms with Gasteiger partial charge >= 0.3 is 11.8 Å². The molecule has 0 atom stereocenters. The van der Waals surface area contributed by atoms with Crippen molar-refractivity contribution in [3.63, 3.8) is 0 Å². The number of morpholine rings is 1. The number of benzene rings is 1. The van der Waals surface area contributed by atoms with Crippen LogP contribution in [0.4, 0.5) is 10.5 Å². The van der Waals surface area contributed by atoms with E-state index in [2.05, 4.69) is 9.88 Å². The highest BCUT2D eigenvalue weighted by Crippen LogP contribution is 2.21. The first-order valence-electron chi connectivity index (χ1n) is 8.20. The second kappa shape index (κ2) is 6.20. The van der Waals surface area contributed by atoms with E-state index in [-0.39, 0.29) is 6.03 Å². The molecule has 0 bridgehead atoms. The Hall–Kier alpha value is -2.48. The molecule has 1 N–H and O–H groups in total. The summed E-state index contributed by atoms with van der Waals surface area (Å²) in [5.41, 5.74) is 2.28. The van der Waals surface area contributed by atoms with Gasteiger partial charge in [-0.2, -0.15) is 0 Å². The quantitative estimate of drug-likeness (QED) is 0.831. The molecule has 1 aromatic heterocycles. The van der Waals surface area contributed by atoms with Crippen LogP contribution in [0.2, 0.25) is 0 Å². The summed E-state index contributed by atoms with van der Waals surface area (Å²) in [5.74, 6) is -0.442. The third-order valence-corrected chi connectivity index (χ3v) is 4.60. The first kappa shape index (κ1) is 15.1. The third-order valence-electron chi connectivity index (χ3n) is 4.60. The fourth-order valence-corrected chi connectivity index (χ4v) is 3.25. The van der Waals surface area contributed by atoms with Crippen LogP contribution in [0, 0.1) is 0 Å². The Morgan fingerprint density at radius 3 is 2.46 bits per heavy atom. The van der Waals surface area contributed by atoms with E-state index < -0.39 is 5.76 Å². The summed E-state index contributed by atoms with van der Waals surface area (Å²) >= 11 is 0. The maximum atomic E-state index is 12.5. The molecule has 8 heteroatoms. The van der Waals surface area contributed by atoms with E-state index in [0.717, 1.165) is 18.8 Å². The van der Waals surface area contributed by atoms with E-state index in [1.807, 2.05) is 21.9 Å². The SMILES string of the molecule is O=C(N1CCOCC1)N1CCN(c2ccc3oc(=O)[nH]c3c2)CC1. The van der Waals surface area contributed by atoms with Crippen molar-refractivity contribution >= 4 is 22.8 Å². The average Bonchev–Trinajstić information content (AvgIpc) is 3.01. The van der Waals surface area contributed by atoms with Gasteiger partial charge in [0.15, 0.2) is 5.58 Å². The van der Waals surface area contributed by atoms with Gasteiger partial charge in [0.2, 0.25) is 0 Å². The predicted octanol–water partition coefficient (Wildman–Crippen LogP) is 0.695. The number of anilines is 1. The molecule has 2 aliphatic rings. The van der Waals surface area contributed by atoms with Crippen molar-refractivity contribution in [3.05, 3.63) is 28.7 Å². The number of carbonyl (C=O) groups excluding carboxylic acids is 1. The molecule has 0 radical (unpaired) electrons. The van der Waals surface area contributed by atoms with Crippen molar-refractivity contribution in [2.75, 3.05) is 57.4 Å². The molecule has 2 saturated heterocycles. The van der Waals surface area contributed by atoms with Gasteiger partial charge in [0.05, 0.1) is 18.7 Å². The average molecular weight is 332 g/mol. The minimum atomic E-state index is -0.442. The molecule has 0 aliphatic carbocycles. The second-order valence-corrected chi connectivity index (χ2v) is 6.05. The number of urea groups is 1. The van der Waals surface area contributed by atoms with Gasteiger partial charge in [-0.25, -0.2) is 9.59 Å². The predicted molar refractivity (Wildman–Crippen MR) is 88.4 cm³/mol. The van der Waals surface area contributed by atoms with Gasteiger partial charge in [0.25, 0.3) is 0 Å². The molecule has 4 rings (SSSR count). The van der Waals surface area contributed by atoms with Crippen molar-refractivity contribution in [1.82, 2.24) is 14.8 Å². The topological polar surface area (TPSA) is 82.0 Å². The summed E-state index contributed by atoms with van der Waals surface area (Å²) in [6, 6.07) is 5.76. The molecule has 2 amide bonds. The van der Waals surface area contributed by atoms with Crippen LogP contribution in [0.15, 0.2) is 27.4 Å². The van der Waals surface area contributed by atoms with Gasteiger partial charge in [-0.3, -0.25) is 4.98 Å². The molecule has 2 aromatic rings. The van der Waals surface area contributed by atoms with Crippen LogP contribution >= 0.6 is 0 Å². The number of fused-ring (bicyclic) bond motifs is 1. The Morgan fingerprint density at radius 2 is 1.71 bits per heavy atom. The molecule has 128 valence electrons. The Balaban J connectivity index is 1.41. The molecule has 0 unspecified atom stereocenters. The van der Waals surface area contributed by atoms with E-state index in [1.54, 1.807) is 6.07 Å². The molecule has 2 fully saturated rings. The molecule has 0 spiro atoms.